The Hall–Kier alpha value is -3.22. The van der Waals surface area contributed by atoms with Crippen LogP contribution in [0.5, 0.6) is 0 Å². The maximum Gasteiger partial charge on any atom is 0.412 e. The minimum absolute atomic E-state index is 0.000591. The van der Waals surface area contributed by atoms with Crippen molar-refractivity contribution in [2.45, 2.75) is 46.1 Å². The highest BCUT2D eigenvalue weighted by Crippen LogP contribution is 2.28. The van der Waals surface area contributed by atoms with E-state index < -0.39 is 29.7 Å². The van der Waals surface area contributed by atoms with Gasteiger partial charge in [0.15, 0.2) is 6.30 Å². The van der Waals surface area contributed by atoms with Crippen molar-refractivity contribution < 1.29 is 23.1 Å². The van der Waals surface area contributed by atoms with E-state index in [1.807, 2.05) is 4.90 Å². The number of halogens is 3. The summed E-state index contributed by atoms with van der Waals surface area (Å²) in [5.74, 6) is -1.23. The van der Waals surface area contributed by atoms with Crippen LogP contribution in [0.4, 0.5) is 19.3 Å². The molecule has 1 N–H and O–H groups in total. The number of hydrogen-bond donors (Lipinski definition) is 1. The first-order valence-electron chi connectivity index (χ1n) is 11.0. The molecule has 0 bridgehead atoms. The number of nitrogens with zero attached hydrogens (tertiary/aromatic N) is 3. The lowest BCUT2D eigenvalue weighted by Gasteiger charge is -2.38. The molecule has 2 aromatic rings. The number of carbonyl (C=O) groups excluding carboxylic acids is 2. The normalized spacial score (nSPS) is 16.5. The van der Waals surface area contributed by atoms with Crippen molar-refractivity contribution in [3.8, 4) is 6.07 Å². The number of rotatable bonds is 4. The van der Waals surface area contributed by atoms with Crippen molar-refractivity contribution in [3.63, 3.8) is 0 Å². The zero-order valence-electron chi connectivity index (χ0n) is 20.0. The van der Waals surface area contributed by atoms with Gasteiger partial charge in [0.05, 0.1) is 5.56 Å². The van der Waals surface area contributed by atoms with Gasteiger partial charge in [0.1, 0.15) is 17.5 Å². The van der Waals surface area contributed by atoms with Gasteiger partial charge in [-0.15, -0.1) is 0 Å². The Balaban J connectivity index is 1.71. The van der Waals surface area contributed by atoms with Crippen molar-refractivity contribution in [3.05, 3.63) is 63.4 Å². The van der Waals surface area contributed by atoms with Crippen molar-refractivity contribution in [2.75, 3.05) is 25.0 Å². The van der Waals surface area contributed by atoms with E-state index in [2.05, 4.69) is 5.32 Å². The van der Waals surface area contributed by atoms with Gasteiger partial charge >= 0.3 is 6.09 Å². The largest absolute Gasteiger partial charge is 0.444 e. The quantitative estimate of drug-likeness (QED) is 0.574. The first-order valence-corrected chi connectivity index (χ1v) is 11.4. The van der Waals surface area contributed by atoms with Crippen LogP contribution in [0.25, 0.3) is 0 Å². The molecule has 0 unspecified atom stereocenters. The molecular weight excluding hydrogens is 478 g/mol. The average Bonchev–Trinajstić information content (AvgIpc) is 2.76. The average molecular weight is 505 g/mol. The van der Waals surface area contributed by atoms with Gasteiger partial charge in [-0.05, 0) is 69.2 Å². The summed E-state index contributed by atoms with van der Waals surface area (Å²) >= 11 is 6.29. The van der Waals surface area contributed by atoms with Crippen molar-refractivity contribution in [1.29, 1.82) is 5.26 Å². The molecule has 1 aliphatic heterocycles. The van der Waals surface area contributed by atoms with Gasteiger partial charge in [-0.3, -0.25) is 14.6 Å². The fraction of sp³-hybridized carbons (Fsp3) is 0.400. The van der Waals surface area contributed by atoms with E-state index in [4.69, 9.17) is 21.6 Å². The fourth-order valence-corrected chi connectivity index (χ4v) is 3.92. The van der Waals surface area contributed by atoms with Crippen LogP contribution in [0, 0.1) is 24.1 Å². The van der Waals surface area contributed by atoms with E-state index in [9.17, 15) is 18.4 Å². The van der Waals surface area contributed by atoms with E-state index in [1.54, 1.807) is 45.9 Å². The van der Waals surface area contributed by atoms with Crippen LogP contribution in [0.15, 0.2) is 30.3 Å². The summed E-state index contributed by atoms with van der Waals surface area (Å²) in [5, 5.41) is 12.1. The van der Waals surface area contributed by atoms with Gasteiger partial charge in [0.25, 0.3) is 5.91 Å². The summed E-state index contributed by atoms with van der Waals surface area (Å²) in [7, 11) is 0. The molecule has 0 aromatic heterocycles. The number of hydrogen-bond acceptors (Lipinski definition) is 5. The molecule has 1 atom stereocenters. The molecule has 2 amide bonds. The lowest BCUT2D eigenvalue weighted by Crippen LogP contribution is -2.54. The Kier molecular flexibility index (Phi) is 7.98. The molecule has 1 fully saturated rings. The fourth-order valence-electron chi connectivity index (χ4n) is 3.68. The summed E-state index contributed by atoms with van der Waals surface area (Å²) in [6.07, 6.45) is -2.21. The van der Waals surface area contributed by atoms with Crippen LogP contribution in [0.1, 0.15) is 47.8 Å². The smallest absolute Gasteiger partial charge is 0.412 e. The van der Waals surface area contributed by atoms with Gasteiger partial charge < -0.3 is 10.1 Å². The Bertz CT molecular complexity index is 1180. The van der Waals surface area contributed by atoms with Crippen LogP contribution < -0.4 is 5.32 Å². The standard InChI is InChI=1S/C25H27ClF2N4O3/c1-15-18(13-31-7-8-32(22(28)14-31)24(34)35-25(2,3)4)10-19(26)11-21(15)30-23(33)16-5-6-20(27)17(9-16)12-29/h5-6,9-11,22H,7-8,13-14H2,1-4H3,(H,30,33)/t22-/m1/s1. The van der Waals surface area contributed by atoms with E-state index >= 15 is 0 Å². The predicted octanol–water partition coefficient (Wildman–Crippen LogP) is 5.26. The Morgan fingerprint density at radius 1 is 1.26 bits per heavy atom. The van der Waals surface area contributed by atoms with Crippen molar-refractivity contribution in [1.82, 2.24) is 9.80 Å². The second-order valence-electron chi connectivity index (χ2n) is 9.34. The third kappa shape index (κ3) is 6.68. The molecule has 1 heterocycles. The monoisotopic (exact) mass is 504 g/mol. The molecule has 2 aromatic carbocycles. The molecule has 3 rings (SSSR count). The van der Waals surface area contributed by atoms with Gasteiger partial charge in [0.2, 0.25) is 0 Å². The van der Waals surface area contributed by atoms with Gasteiger partial charge in [-0.1, -0.05) is 11.6 Å². The Morgan fingerprint density at radius 3 is 2.60 bits per heavy atom. The molecule has 1 aliphatic rings. The van der Waals surface area contributed by atoms with E-state index in [1.165, 1.54) is 12.1 Å². The van der Waals surface area contributed by atoms with Gasteiger partial charge in [-0.25, -0.2) is 13.6 Å². The molecular formula is C25H27ClF2N4O3. The predicted molar refractivity (Wildman–Crippen MR) is 128 cm³/mol. The van der Waals surface area contributed by atoms with E-state index in [-0.39, 0.29) is 24.2 Å². The lowest BCUT2D eigenvalue weighted by atomic mass is 10.0. The molecule has 0 saturated carbocycles. The number of alkyl halides is 1. The number of nitriles is 1. The molecule has 0 radical (unpaired) electrons. The number of ether oxygens (including phenoxy) is 1. The lowest BCUT2D eigenvalue weighted by molar-refractivity contribution is -0.0328. The zero-order valence-corrected chi connectivity index (χ0v) is 20.7. The van der Waals surface area contributed by atoms with Crippen LogP contribution in [0.2, 0.25) is 5.02 Å². The Labute approximate surface area is 208 Å². The van der Waals surface area contributed by atoms with Crippen LogP contribution in [-0.4, -0.2) is 53.3 Å². The van der Waals surface area contributed by atoms with Gasteiger partial charge in [-0.2, -0.15) is 5.26 Å². The number of anilines is 1. The molecule has 186 valence electrons. The second-order valence-corrected chi connectivity index (χ2v) is 9.78. The Morgan fingerprint density at radius 2 is 1.97 bits per heavy atom. The molecule has 10 heteroatoms. The minimum Gasteiger partial charge on any atom is -0.444 e. The number of carbonyl (C=O) groups is 2. The van der Waals surface area contributed by atoms with E-state index in [0.29, 0.717) is 23.8 Å². The molecule has 0 aliphatic carbocycles. The first kappa shape index (κ1) is 26.4. The molecule has 7 nitrogen and oxygen atoms in total. The molecule has 0 spiro atoms. The van der Waals surface area contributed by atoms with E-state index in [0.717, 1.165) is 22.1 Å². The molecule has 1 saturated heterocycles. The summed E-state index contributed by atoms with van der Waals surface area (Å²) in [6.45, 7) is 7.94. The third-order valence-electron chi connectivity index (χ3n) is 5.50. The highest BCUT2D eigenvalue weighted by atomic mass is 35.5. The first-order chi connectivity index (χ1) is 16.4. The number of benzene rings is 2. The van der Waals surface area contributed by atoms with Crippen LogP contribution in [-0.2, 0) is 11.3 Å². The van der Waals surface area contributed by atoms with Crippen molar-refractivity contribution in [2.24, 2.45) is 0 Å². The SMILES string of the molecule is Cc1c(CN2CCN(C(=O)OC(C)(C)C)[C@@H](F)C2)cc(Cl)cc1NC(=O)c1ccc(F)c(C#N)c1. The third-order valence-corrected chi connectivity index (χ3v) is 5.72. The maximum absolute atomic E-state index is 14.8. The number of amides is 2. The number of nitrogens with one attached hydrogen (secondary N) is 1. The number of piperazine rings is 1. The van der Waals surface area contributed by atoms with Crippen LogP contribution >= 0.6 is 11.6 Å². The second kappa shape index (κ2) is 10.6. The van der Waals surface area contributed by atoms with Crippen LogP contribution in [0.3, 0.4) is 0 Å². The highest BCUT2D eigenvalue weighted by molar-refractivity contribution is 6.31. The topological polar surface area (TPSA) is 85.7 Å². The minimum atomic E-state index is -1.52. The van der Waals surface area contributed by atoms with Crippen molar-refractivity contribution >= 4 is 29.3 Å². The highest BCUT2D eigenvalue weighted by Gasteiger charge is 2.33. The summed E-state index contributed by atoms with van der Waals surface area (Å²) in [5.41, 5.74) is 1.15. The zero-order chi connectivity index (χ0) is 25.9. The van der Waals surface area contributed by atoms with Gasteiger partial charge in [0, 0.05) is 42.5 Å². The summed E-state index contributed by atoms with van der Waals surface area (Å²) in [6, 6.07) is 8.57. The summed E-state index contributed by atoms with van der Waals surface area (Å²) in [4.78, 5) is 27.9. The maximum atomic E-state index is 14.8. The molecule has 35 heavy (non-hydrogen) atoms. The summed E-state index contributed by atoms with van der Waals surface area (Å²) < 4.78 is 33.7.